The molecule has 1 unspecified atom stereocenters. The molecule has 3 heteroatoms. The van der Waals surface area contributed by atoms with Gasteiger partial charge in [0.1, 0.15) is 6.26 Å². The van der Waals surface area contributed by atoms with E-state index < -0.39 is 0 Å². The number of rotatable bonds is 4. The summed E-state index contributed by atoms with van der Waals surface area (Å²) in [5.74, 6) is 0. The maximum absolute atomic E-state index is 5.16. The summed E-state index contributed by atoms with van der Waals surface area (Å²) in [6, 6.07) is 1.07. The van der Waals surface area contributed by atoms with Gasteiger partial charge in [-0.05, 0) is 20.3 Å². The molecular formula is C9H16N2O. The Labute approximate surface area is 73.2 Å². The summed E-state index contributed by atoms with van der Waals surface area (Å²) in [5.41, 5.74) is 0.918. The SMILES string of the molecule is CCCC(C)Nc1nc(C)co1. The molecule has 1 heterocycles. The molecule has 68 valence electrons. The van der Waals surface area contributed by atoms with Crippen LogP contribution in [0.25, 0.3) is 0 Å². The van der Waals surface area contributed by atoms with Crippen molar-refractivity contribution in [3.63, 3.8) is 0 Å². The zero-order chi connectivity index (χ0) is 8.97. The first-order chi connectivity index (χ1) is 5.72. The fraction of sp³-hybridized carbons (Fsp3) is 0.667. The number of oxazole rings is 1. The molecular weight excluding hydrogens is 152 g/mol. The largest absolute Gasteiger partial charge is 0.432 e. The summed E-state index contributed by atoms with van der Waals surface area (Å²) in [7, 11) is 0. The van der Waals surface area contributed by atoms with Gasteiger partial charge in [0.15, 0.2) is 0 Å². The summed E-state index contributed by atoms with van der Waals surface area (Å²) in [5, 5.41) is 3.19. The molecule has 0 radical (unpaired) electrons. The number of hydrogen-bond donors (Lipinski definition) is 1. The molecule has 0 amide bonds. The van der Waals surface area contributed by atoms with Crippen LogP contribution >= 0.6 is 0 Å². The van der Waals surface area contributed by atoms with Gasteiger partial charge in [0.2, 0.25) is 0 Å². The van der Waals surface area contributed by atoms with Crippen molar-refractivity contribution in [2.45, 2.75) is 39.7 Å². The van der Waals surface area contributed by atoms with Crippen LogP contribution in [0.15, 0.2) is 10.7 Å². The first-order valence-electron chi connectivity index (χ1n) is 4.41. The molecule has 0 fully saturated rings. The van der Waals surface area contributed by atoms with E-state index >= 15 is 0 Å². The Balaban J connectivity index is 2.41. The van der Waals surface area contributed by atoms with Gasteiger partial charge in [-0.2, -0.15) is 4.98 Å². The molecule has 1 aromatic rings. The van der Waals surface area contributed by atoms with Crippen molar-refractivity contribution in [2.24, 2.45) is 0 Å². The minimum Gasteiger partial charge on any atom is -0.432 e. The lowest BCUT2D eigenvalue weighted by Crippen LogP contribution is -2.14. The Kier molecular flexibility index (Phi) is 3.14. The average molecular weight is 168 g/mol. The second kappa shape index (κ2) is 4.14. The smallest absolute Gasteiger partial charge is 0.294 e. The number of aryl methyl sites for hydroxylation is 1. The third-order valence-electron chi connectivity index (χ3n) is 1.71. The number of aromatic nitrogens is 1. The van der Waals surface area contributed by atoms with Crippen LogP contribution in [-0.4, -0.2) is 11.0 Å². The second-order valence-electron chi connectivity index (χ2n) is 3.13. The van der Waals surface area contributed by atoms with Crippen molar-refractivity contribution in [3.05, 3.63) is 12.0 Å². The van der Waals surface area contributed by atoms with E-state index in [0.717, 1.165) is 12.1 Å². The highest BCUT2D eigenvalue weighted by Gasteiger charge is 2.04. The van der Waals surface area contributed by atoms with Crippen LogP contribution in [0.1, 0.15) is 32.4 Å². The monoisotopic (exact) mass is 168 g/mol. The number of nitrogens with zero attached hydrogens (tertiary/aromatic N) is 1. The van der Waals surface area contributed by atoms with Crippen LogP contribution < -0.4 is 5.32 Å². The normalized spacial score (nSPS) is 12.9. The van der Waals surface area contributed by atoms with Crippen molar-refractivity contribution in [1.82, 2.24) is 4.98 Å². The summed E-state index contributed by atoms with van der Waals surface area (Å²) < 4.78 is 5.16. The molecule has 0 aliphatic rings. The van der Waals surface area contributed by atoms with Gasteiger partial charge in [-0.15, -0.1) is 0 Å². The minimum absolute atomic E-state index is 0.438. The van der Waals surface area contributed by atoms with E-state index in [0.29, 0.717) is 12.1 Å². The standard InChI is InChI=1S/C9H16N2O/c1-4-5-7(2)10-9-11-8(3)6-12-9/h6-7H,4-5H2,1-3H3,(H,10,11). The minimum atomic E-state index is 0.438. The van der Waals surface area contributed by atoms with E-state index in [1.807, 2.05) is 6.92 Å². The van der Waals surface area contributed by atoms with Crippen molar-refractivity contribution in [3.8, 4) is 0 Å². The average Bonchev–Trinajstić information content (AvgIpc) is 2.36. The zero-order valence-electron chi connectivity index (χ0n) is 7.92. The second-order valence-corrected chi connectivity index (χ2v) is 3.13. The van der Waals surface area contributed by atoms with Crippen LogP contribution in [0.3, 0.4) is 0 Å². The molecule has 1 aromatic heterocycles. The Morgan fingerprint density at radius 1 is 1.67 bits per heavy atom. The highest BCUT2D eigenvalue weighted by Crippen LogP contribution is 2.09. The van der Waals surface area contributed by atoms with Gasteiger partial charge in [-0.3, -0.25) is 0 Å². The van der Waals surface area contributed by atoms with E-state index in [1.165, 1.54) is 6.42 Å². The van der Waals surface area contributed by atoms with E-state index in [1.54, 1.807) is 6.26 Å². The first-order valence-corrected chi connectivity index (χ1v) is 4.41. The van der Waals surface area contributed by atoms with E-state index in [9.17, 15) is 0 Å². The van der Waals surface area contributed by atoms with Crippen molar-refractivity contribution in [2.75, 3.05) is 5.32 Å². The fourth-order valence-electron chi connectivity index (χ4n) is 1.14. The molecule has 3 nitrogen and oxygen atoms in total. The lowest BCUT2D eigenvalue weighted by molar-refractivity contribution is 0.552. The van der Waals surface area contributed by atoms with Crippen LogP contribution in [0.5, 0.6) is 0 Å². The Hall–Kier alpha value is -0.990. The topological polar surface area (TPSA) is 38.1 Å². The Morgan fingerprint density at radius 2 is 2.42 bits per heavy atom. The van der Waals surface area contributed by atoms with Crippen molar-refractivity contribution >= 4 is 6.01 Å². The zero-order valence-corrected chi connectivity index (χ0v) is 7.92. The third kappa shape index (κ3) is 2.57. The van der Waals surface area contributed by atoms with Crippen LogP contribution in [-0.2, 0) is 0 Å². The van der Waals surface area contributed by atoms with Crippen LogP contribution in [0.4, 0.5) is 6.01 Å². The molecule has 0 saturated heterocycles. The van der Waals surface area contributed by atoms with Crippen molar-refractivity contribution < 1.29 is 4.42 Å². The summed E-state index contributed by atoms with van der Waals surface area (Å²) in [6.07, 6.45) is 3.97. The lowest BCUT2D eigenvalue weighted by Gasteiger charge is -2.09. The van der Waals surface area contributed by atoms with Gasteiger partial charge in [-0.1, -0.05) is 13.3 Å². The first kappa shape index (κ1) is 9.10. The molecule has 1 atom stereocenters. The molecule has 0 spiro atoms. The Bertz CT molecular complexity index is 232. The maximum atomic E-state index is 5.16. The summed E-state index contributed by atoms with van der Waals surface area (Å²) in [4.78, 5) is 4.16. The van der Waals surface area contributed by atoms with Gasteiger partial charge < -0.3 is 9.73 Å². The van der Waals surface area contributed by atoms with Crippen LogP contribution in [0.2, 0.25) is 0 Å². The number of nitrogens with one attached hydrogen (secondary N) is 1. The van der Waals surface area contributed by atoms with Gasteiger partial charge in [0.05, 0.1) is 5.69 Å². The van der Waals surface area contributed by atoms with Gasteiger partial charge >= 0.3 is 0 Å². The molecule has 1 rings (SSSR count). The predicted octanol–water partition coefficient (Wildman–Crippen LogP) is 2.58. The fourth-order valence-corrected chi connectivity index (χ4v) is 1.14. The van der Waals surface area contributed by atoms with Crippen LogP contribution in [0, 0.1) is 6.92 Å². The van der Waals surface area contributed by atoms with Gasteiger partial charge in [0, 0.05) is 6.04 Å². The number of hydrogen-bond acceptors (Lipinski definition) is 3. The molecule has 12 heavy (non-hydrogen) atoms. The summed E-state index contributed by atoms with van der Waals surface area (Å²) in [6.45, 7) is 6.21. The molecule has 0 aliphatic heterocycles. The third-order valence-corrected chi connectivity index (χ3v) is 1.71. The quantitative estimate of drug-likeness (QED) is 0.750. The highest BCUT2D eigenvalue weighted by molar-refractivity contribution is 5.21. The van der Waals surface area contributed by atoms with Crippen molar-refractivity contribution in [1.29, 1.82) is 0 Å². The van der Waals surface area contributed by atoms with E-state index in [-0.39, 0.29) is 0 Å². The lowest BCUT2D eigenvalue weighted by atomic mass is 10.2. The van der Waals surface area contributed by atoms with Gasteiger partial charge in [0.25, 0.3) is 6.01 Å². The Morgan fingerprint density at radius 3 is 2.92 bits per heavy atom. The maximum Gasteiger partial charge on any atom is 0.294 e. The molecule has 0 bridgehead atoms. The van der Waals surface area contributed by atoms with E-state index in [4.69, 9.17) is 4.42 Å². The van der Waals surface area contributed by atoms with Gasteiger partial charge in [-0.25, -0.2) is 0 Å². The molecule has 0 aliphatic carbocycles. The molecule has 0 aromatic carbocycles. The molecule has 1 N–H and O–H groups in total. The molecule has 0 saturated carbocycles. The highest BCUT2D eigenvalue weighted by atomic mass is 16.4. The summed E-state index contributed by atoms with van der Waals surface area (Å²) >= 11 is 0. The number of anilines is 1. The van der Waals surface area contributed by atoms with E-state index in [2.05, 4.69) is 24.1 Å². The predicted molar refractivity (Wildman–Crippen MR) is 49.2 cm³/mol.